The van der Waals surface area contributed by atoms with Gasteiger partial charge < -0.3 is 9.88 Å². The predicted molar refractivity (Wildman–Crippen MR) is 106 cm³/mol. The molecule has 0 radical (unpaired) electrons. The summed E-state index contributed by atoms with van der Waals surface area (Å²) in [4.78, 5) is 22.9. The lowest BCUT2D eigenvalue weighted by Gasteiger charge is -2.27. The molecule has 6 heteroatoms. The molecule has 1 aliphatic rings. The van der Waals surface area contributed by atoms with E-state index in [2.05, 4.69) is 27.8 Å². The number of nitrogens with one attached hydrogen (secondary N) is 2. The van der Waals surface area contributed by atoms with Crippen molar-refractivity contribution in [1.29, 1.82) is 0 Å². The van der Waals surface area contributed by atoms with Crippen molar-refractivity contribution in [3.8, 4) is 11.1 Å². The van der Waals surface area contributed by atoms with E-state index >= 15 is 0 Å². The molecule has 4 rings (SSSR count). The molecule has 0 spiro atoms. The van der Waals surface area contributed by atoms with Crippen molar-refractivity contribution in [3.63, 3.8) is 0 Å². The summed E-state index contributed by atoms with van der Waals surface area (Å²) in [5, 5.41) is 2.74. The molecule has 0 bridgehead atoms. The number of H-pyrrole nitrogens is 1. The Kier molecular flexibility index (Phi) is 4.75. The maximum absolute atomic E-state index is 12.7. The molecule has 130 valence electrons. The summed E-state index contributed by atoms with van der Waals surface area (Å²) in [7, 11) is 0. The molecule has 0 aliphatic carbocycles. The number of hydrogen-bond acceptors (Lipinski definition) is 3. The Morgan fingerprint density at radius 1 is 1.36 bits per heavy atom. The van der Waals surface area contributed by atoms with Crippen LogP contribution in [0.5, 0.6) is 0 Å². The summed E-state index contributed by atoms with van der Waals surface area (Å²) in [6.45, 7) is 5.44. The minimum Gasteiger partial charge on any atom is -0.328 e. The van der Waals surface area contributed by atoms with Crippen molar-refractivity contribution in [2.45, 2.75) is 26.3 Å². The summed E-state index contributed by atoms with van der Waals surface area (Å²) >= 11 is 5.01. The van der Waals surface area contributed by atoms with E-state index in [1.807, 2.05) is 29.6 Å². The van der Waals surface area contributed by atoms with Gasteiger partial charge in [-0.2, -0.15) is 0 Å². The first-order valence-electron chi connectivity index (χ1n) is 8.70. The van der Waals surface area contributed by atoms with Crippen LogP contribution in [0.1, 0.15) is 25.6 Å². The van der Waals surface area contributed by atoms with E-state index < -0.39 is 0 Å². The molecule has 0 amide bonds. The molecule has 1 unspecified atom stereocenters. The number of aromatic nitrogens is 2. The Labute approximate surface area is 159 Å². The number of thiophene rings is 1. The summed E-state index contributed by atoms with van der Waals surface area (Å²) < 4.78 is 1.03. The van der Waals surface area contributed by atoms with Gasteiger partial charge in [-0.15, -0.1) is 11.3 Å². The first-order chi connectivity index (χ1) is 12.1. The third-order valence-corrected chi connectivity index (χ3v) is 6.33. The van der Waals surface area contributed by atoms with Crippen LogP contribution in [0.25, 0.3) is 21.3 Å². The number of aromatic amines is 1. The maximum Gasteiger partial charge on any atom is 0.260 e. The highest BCUT2D eigenvalue weighted by Gasteiger charge is 2.21. The third kappa shape index (κ3) is 3.57. The van der Waals surface area contributed by atoms with Gasteiger partial charge in [-0.3, -0.25) is 4.79 Å². The largest absolute Gasteiger partial charge is 0.328 e. The van der Waals surface area contributed by atoms with E-state index in [0.717, 1.165) is 45.3 Å². The van der Waals surface area contributed by atoms with E-state index in [1.165, 1.54) is 24.3 Å². The lowest BCUT2D eigenvalue weighted by molar-refractivity contribution is -0.922. The Morgan fingerprint density at radius 2 is 2.16 bits per heavy atom. The molecule has 1 fully saturated rings. The number of hydrogen-bond donors (Lipinski definition) is 2. The standard InChI is InChI=1S/C19H20BrN3OS/c1-12-3-2-8-23(9-12)10-16-21-18(24)17-15(11-25-19(17)22-16)13-4-6-14(20)7-5-13/h4-7,11-12H,2-3,8-10H2,1H3,(H,21,22,24)/p+1/t12-/m0/s1. The molecule has 2 aromatic heterocycles. The fourth-order valence-corrected chi connectivity index (χ4v) is 4.95. The van der Waals surface area contributed by atoms with E-state index in [-0.39, 0.29) is 5.56 Å². The van der Waals surface area contributed by atoms with Crippen LogP contribution in [-0.2, 0) is 6.54 Å². The zero-order chi connectivity index (χ0) is 17.4. The van der Waals surface area contributed by atoms with Gasteiger partial charge in [0.1, 0.15) is 11.4 Å². The predicted octanol–water partition coefficient (Wildman–Crippen LogP) is 3.23. The Morgan fingerprint density at radius 3 is 2.92 bits per heavy atom. The number of likely N-dealkylation sites (tertiary alicyclic amines) is 1. The molecular weight excluding hydrogens is 398 g/mol. The molecular formula is C19H21BrN3OS+. The van der Waals surface area contributed by atoms with E-state index in [9.17, 15) is 4.79 Å². The van der Waals surface area contributed by atoms with Crippen molar-refractivity contribution in [2.24, 2.45) is 5.92 Å². The Balaban J connectivity index is 1.67. The fourth-order valence-electron chi connectivity index (χ4n) is 3.71. The zero-order valence-corrected chi connectivity index (χ0v) is 16.5. The normalized spacial score (nSPS) is 20.9. The number of fused-ring (bicyclic) bond motifs is 1. The van der Waals surface area contributed by atoms with Gasteiger partial charge in [0.15, 0.2) is 5.82 Å². The smallest absolute Gasteiger partial charge is 0.260 e. The molecule has 3 heterocycles. The average molecular weight is 419 g/mol. The van der Waals surface area contributed by atoms with Crippen LogP contribution in [0.4, 0.5) is 0 Å². The molecule has 1 aromatic carbocycles. The lowest BCUT2D eigenvalue weighted by Crippen LogP contribution is -3.12. The average Bonchev–Trinajstić information content (AvgIpc) is 3.00. The zero-order valence-electron chi connectivity index (χ0n) is 14.1. The van der Waals surface area contributed by atoms with E-state index in [4.69, 9.17) is 4.98 Å². The van der Waals surface area contributed by atoms with Gasteiger partial charge in [-0.25, -0.2) is 4.98 Å². The van der Waals surface area contributed by atoms with Crippen LogP contribution >= 0.6 is 27.3 Å². The molecule has 0 saturated carbocycles. The van der Waals surface area contributed by atoms with Crippen molar-refractivity contribution in [3.05, 3.63) is 50.3 Å². The van der Waals surface area contributed by atoms with Crippen LogP contribution in [0.3, 0.4) is 0 Å². The second-order valence-electron chi connectivity index (χ2n) is 6.98. The molecule has 4 nitrogen and oxygen atoms in total. The van der Waals surface area contributed by atoms with Crippen LogP contribution < -0.4 is 10.5 Å². The van der Waals surface area contributed by atoms with E-state index in [1.54, 1.807) is 11.3 Å². The number of piperidine rings is 1. The summed E-state index contributed by atoms with van der Waals surface area (Å²) in [6, 6.07) is 8.04. The minimum absolute atomic E-state index is 0.0244. The van der Waals surface area contributed by atoms with Crippen LogP contribution in [-0.4, -0.2) is 23.1 Å². The monoisotopic (exact) mass is 418 g/mol. The highest BCUT2D eigenvalue weighted by Crippen LogP contribution is 2.31. The number of halogens is 1. The third-order valence-electron chi connectivity index (χ3n) is 4.93. The van der Waals surface area contributed by atoms with Gasteiger partial charge in [0.25, 0.3) is 5.56 Å². The molecule has 1 aliphatic heterocycles. The second kappa shape index (κ2) is 7.02. The Hall–Kier alpha value is -1.50. The molecule has 2 atom stereocenters. The van der Waals surface area contributed by atoms with Gasteiger partial charge in [0, 0.05) is 21.3 Å². The topological polar surface area (TPSA) is 50.2 Å². The van der Waals surface area contributed by atoms with E-state index in [0.29, 0.717) is 5.39 Å². The highest BCUT2D eigenvalue weighted by molar-refractivity contribution is 9.10. The van der Waals surface area contributed by atoms with Gasteiger partial charge in [0.05, 0.1) is 18.5 Å². The van der Waals surface area contributed by atoms with Crippen LogP contribution in [0.2, 0.25) is 0 Å². The quantitative estimate of drug-likeness (QED) is 0.685. The Bertz CT molecular complexity index is 947. The molecule has 1 saturated heterocycles. The summed E-state index contributed by atoms with van der Waals surface area (Å²) in [5.74, 6) is 1.57. The van der Waals surface area contributed by atoms with Crippen molar-refractivity contribution < 1.29 is 4.90 Å². The number of rotatable bonds is 3. The second-order valence-corrected chi connectivity index (χ2v) is 8.75. The molecule has 2 N–H and O–H groups in total. The summed E-state index contributed by atoms with van der Waals surface area (Å²) in [6.07, 6.45) is 2.57. The molecule has 3 aromatic rings. The van der Waals surface area contributed by atoms with Crippen molar-refractivity contribution >= 4 is 37.5 Å². The van der Waals surface area contributed by atoms with Gasteiger partial charge in [-0.05, 0) is 30.5 Å². The van der Waals surface area contributed by atoms with Crippen molar-refractivity contribution in [1.82, 2.24) is 9.97 Å². The minimum atomic E-state index is -0.0244. The number of nitrogens with zero attached hydrogens (tertiary/aromatic N) is 1. The van der Waals surface area contributed by atoms with Gasteiger partial charge >= 0.3 is 0 Å². The fraction of sp³-hybridized carbons (Fsp3) is 0.368. The first kappa shape index (κ1) is 16.9. The molecule has 25 heavy (non-hydrogen) atoms. The number of benzene rings is 1. The highest BCUT2D eigenvalue weighted by atomic mass is 79.9. The van der Waals surface area contributed by atoms with Gasteiger partial charge in [-0.1, -0.05) is 35.0 Å². The van der Waals surface area contributed by atoms with Crippen molar-refractivity contribution in [2.75, 3.05) is 13.1 Å². The first-order valence-corrected chi connectivity index (χ1v) is 10.4. The van der Waals surface area contributed by atoms with Crippen LogP contribution in [0.15, 0.2) is 38.9 Å². The SMILES string of the molecule is C[C@H]1CCC[NH+](Cc2nc3scc(-c4ccc(Br)cc4)c3c(=O)[nH]2)C1. The lowest BCUT2D eigenvalue weighted by atomic mass is 10.0. The van der Waals surface area contributed by atoms with Crippen LogP contribution in [0, 0.1) is 5.92 Å². The number of quaternary nitrogens is 1. The maximum atomic E-state index is 12.7. The van der Waals surface area contributed by atoms with Gasteiger partial charge in [0.2, 0.25) is 0 Å². The summed E-state index contributed by atoms with van der Waals surface area (Å²) in [5.41, 5.74) is 1.99.